The summed E-state index contributed by atoms with van der Waals surface area (Å²) in [5.74, 6) is 1.07. The Balaban J connectivity index is 1.52. The minimum atomic E-state index is 0.504. The van der Waals surface area contributed by atoms with E-state index >= 15 is 0 Å². The van der Waals surface area contributed by atoms with E-state index < -0.39 is 0 Å². The van der Waals surface area contributed by atoms with Gasteiger partial charge < -0.3 is 19.9 Å². The van der Waals surface area contributed by atoms with E-state index in [-0.39, 0.29) is 0 Å². The molecule has 4 heterocycles. The maximum absolute atomic E-state index is 5.48. The summed E-state index contributed by atoms with van der Waals surface area (Å²) in [6.45, 7) is 9.07. The highest BCUT2D eigenvalue weighted by Crippen LogP contribution is 2.36. The number of nitrogens with zero attached hydrogens (tertiary/aromatic N) is 5. The first kappa shape index (κ1) is 19.3. The van der Waals surface area contributed by atoms with Crippen LogP contribution in [0.15, 0.2) is 18.6 Å². The van der Waals surface area contributed by atoms with Crippen LogP contribution in [-0.4, -0.2) is 84.7 Å². The molecular weight excluding hydrogens is 354 g/mol. The van der Waals surface area contributed by atoms with Crippen LogP contribution >= 0.6 is 0 Å². The Kier molecular flexibility index (Phi) is 5.89. The first-order valence-corrected chi connectivity index (χ1v) is 10.4. The van der Waals surface area contributed by atoms with E-state index in [9.17, 15) is 0 Å². The van der Waals surface area contributed by atoms with Gasteiger partial charge in [-0.3, -0.25) is 9.69 Å². The predicted octanol–water partition coefficient (Wildman–Crippen LogP) is 2.26. The fourth-order valence-electron chi connectivity index (χ4n) is 4.32. The van der Waals surface area contributed by atoms with Gasteiger partial charge in [0.1, 0.15) is 5.82 Å². The number of ether oxygens (including phenoxy) is 1. The first-order chi connectivity index (χ1) is 13.7. The van der Waals surface area contributed by atoms with E-state index in [0.29, 0.717) is 6.04 Å². The quantitative estimate of drug-likeness (QED) is 0.793. The van der Waals surface area contributed by atoms with Gasteiger partial charge >= 0.3 is 0 Å². The van der Waals surface area contributed by atoms with Gasteiger partial charge in [0.25, 0.3) is 0 Å². The number of aromatic nitrogens is 3. The summed E-state index contributed by atoms with van der Waals surface area (Å²) >= 11 is 0. The van der Waals surface area contributed by atoms with Crippen LogP contribution in [0.4, 0.5) is 11.5 Å². The van der Waals surface area contributed by atoms with Crippen molar-refractivity contribution in [2.75, 3.05) is 70.4 Å². The lowest BCUT2D eigenvalue weighted by Crippen LogP contribution is -2.47. The fourth-order valence-corrected chi connectivity index (χ4v) is 4.32. The molecule has 2 aliphatic heterocycles. The van der Waals surface area contributed by atoms with Gasteiger partial charge in [-0.15, -0.1) is 0 Å². The van der Waals surface area contributed by atoms with Gasteiger partial charge in [0.05, 0.1) is 31.1 Å². The summed E-state index contributed by atoms with van der Waals surface area (Å²) in [4.78, 5) is 5.97. The van der Waals surface area contributed by atoms with Crippen LogP contribution in [0.3, 0.4) is 0 Å². The molecule has 0 aromatic carbocycles. The molecule has 8 heteroatoms. The smallest absolute Gasteiger partial charge is 0.144 e. The van der Waals surface area contributed by atoms with Crippen LogP contribution in [-0.2, 0) is 4.74 Å². The zero-order valence-corrected chi connectivity index (χ0v) is 17.3. The molecule has 154 valence electrons. The number of likely N-dealkylation sites (tertiary alicyclic amines) is 1. The van der Waals surface area contributed by atoms with Gasteiger partial charge in [-0.25, -0.2) is 5.01 Å². The molecular formula is C20H33N7O. The molecule has 0 amide bonds. The second-order valence-electron chi connectivity index (χ2n) is 7.64. The fraction of sp³-hybridized carbons (Fsp3) is 0.650. The van der Waals surface area contributed by atoms with Crippen molar-refractivity contribution >= 4 is 11.5 Å². The van der Waals surface area contributed by atoms with Crippen LogP contribution in [0.2, 0.25) is 0 Å². The van der Waals surface area contributed by atoms with Crippen molar-refractivity contribution in [2.24, 2.45) is 0 Å². The lowest BCUT2D eigenvalue weighted by Gasteiger charge is -2.35. The van der Waals surface area contributed by atoms with Gasteiger partial charge in [0, 0.05) is 63.8 Å². The molecule has 0 atom stereocenters. The maximum atomic E-state index is 5.48. The average Bonchev–Trinajstić information content (AvgIpc) is 3.40. The third kappa shape index (κ3) is 3.76. The number of hydrogen-bond acceptors (Lipinski definition) is 6. The molecule has 2 aromatic rings. The number of H-pyrrole nitrogens is 1. The van der Waals surface area contributed by atoms with Gasteiger partial charge in [-0.2, -0.15) is 5.10 Å². The maximum Gasteiger partial charge on any atom is 0.144 e. The Hall–Kier alpha value is -2.03. The van der Waals surface area contributed by atoms with E-state index in [1.165, 1.54) is 12.8 Å². The topological polar surface area (TPSA) is 64.6 Å². The van der Waals surface area contributed by atoms with Crippen LogP contribution in [0.1, 0.15) is 25.8 Å². The molecule has 2 aromatic heterocycles. The molecule has 0 bridgehead atoms. The highest BCUT2D eigenvalue weighted by Gasteiger charge is 2.23. The zero-order chi connectivity index (χ0) is 19.5. The lowest BCUT2D eigenvalue weighted by molar-refractivity contribution is 0.0344. The van der Waals surface area contributed by atoms with Crippen molar-refractivity contribution in [3.8, 4) is 11.1 Å². The summed E-state index contributed by atoms with van der Waals surface area (Å²) in [5.41, 5.74) is 3.42. The first-order valence-electron chi connectivity index (χ1n) is 10.4. The molecule has 0 radical (unpaired) electrons. The normalized spacial score (nSPS) is 19.8. The number of morpholine rings is 1. The molecule has 0 aliphatic carbocycles. The van der Waals surface area contributed by atoms with E-state index in [4.69, 9.17) is 9.84 Å². The summed E-state index contributed by atoms with van der Waals surface area (Å²) < 4.78 is 7.65. The molecule has 0 spiro atoms. The number of nitrogens with one attached hydrogen (secondary N) is 2. The Morgan fingerprint density at radius 2 is 2.00 bits per heavy atom. The third-order valence-electron chi connectivity index (χ3n) is 6.14. The number of anilines is 2. The van der Waals surface area contributed by atoms with E-state index in [2.05, 4.69) is 56.3 Å². The molecule has 4 rings (SSSR count). The van der Waals surface area contributed by atoms with Crippen LogP contribution in [0.25, 0.3) is 11.1 Å². The minimum Gasteiger partial charge on any atom is -0.385 e. The number of aromatic amines is 1. The Morgan fingerprint density at radius 3 is 2.68 bits per heavy atom. The van der Waals surface area contributed by atoms with Crippen molar-refractivity contribution in [1.82, 2.24) is 24.7 Å². The molecule has 2 N–H and O–H groups in total. The predicted molar refractivity (Wildman–Crippen MR) is 113 cm³/mol. The van der Waals surface area contributed by atoms with Crippen LogP contribution < -0.4 is 10.3 Å². The summed E-state index contributed by atoms with van der Waals surface area (Å²) in [6.07, 6.45) is 8.63. The van der Waals surface area contributed by atoms with Crippen molar-refractivity contribution in [2.45, 2.75) is 25.8 Å². The average molecular weight is 388 g/mol. The van der Waals surface area contributed by atoms with E-state index in [1.54, 1.807) is 0 Å². The summed E-state index contributed by atoms with van der Waals surface area (Å²) in [5, 5.41) is 12.6. The SMILES string of the molecule is CCN1CCC(n2cc(-c3c[nH]c(N(C)N4CCOCC4)c3NC)cn2)CC1. The summed E-state index contributed by atoms with van der Waals surface area (Å²) in [6, 6.07) is 0.504. The molecule has 2 aliphatic rings. The van der Waals surface area contributed by atoms with Crippen molar-refractivity contribution in [3.63, 3.8) is 0 Å². The molecule has 28 heavy (non-hydrogen) atoms. The molecule has 2 saturated heterocycles. The van der Waals surface area contributed by atoms with Gasteiger partial charge in [0.2, 0.25) is 0 Å². The minimum absolute atomic E-state index is 0.504. The Bertz CT molecular complexity index is 756. The van der Waals surface area contributed by atoms with Gasteiger partial charge in [-0.05, 0) is 19.4 Å². The van der Waals surface area contributed by atoms with E-state index in [1.807, 2.05) is 13.2 Å². The zero-order valence-electron chi connectivity index (χ0n) is 17.3. The number of rotatable bonds is 6. The van der Waals surface area contributed by atoms with Crippen molar-refractivity contribution < 1.29 is 4.74 Å². The van der Waals surface area contributed by atoms with Gasteiger partial charge in [0.15, 0.2) is 0 Å². The molecule has 0 unspecified atom stereocenters. The monoisotopic (exact) mass is 387 g/mol. The largest absolute Gasteiger partial charge is 0.385 e. The van der Waals surface area contributed by atoms with Crippen LogP contribution in [0.5, 0.6) is 0 Å². The number of piperidine rings is 1. The molecule has 0 saturated carbocycles. The lowest BCUT2D eigenvalue weighted by atomic mass is 10.1. The highest BCUT2D eigenvalue weighted by molar-refractivity contribution is 5.85. The number of hydrogen-bond donors (Lipinski definition) is 2. The standard InChI is InChI=1S/C20H33N7O/c1-4-25-7-5-17(6-8-25)27-15-16(13-23-27)18-14-22-20(19(18)21-2)24(3)26-9-11-28-12-10-26/h13-15,17,21-22H,4-12H2,1-3H3. The third-order valence-corrected chi connectivity index (χ3v) is 6.14. The second kappa shape index (κ2) is 8.55. The molecule has 8 nitrogen and oxygen atoms in total. The number of hydrazine groups is 1. The van der Waals surface area contributed by atoms with E-state index in [0.717, 1.165) is 68.6 Å². The molecule has 2 fully saturated rings. The van der Waals surface area contributed by atoms with Crippen LogP contribution in [0, 0.1) is 0 Å². The second-order valence-corrected chi connectivity index (χ2v) is 7.64. The summed E-state index contributed by atoms with van der Waals surface area (Å²) in [7, 11) is 4.08. The van der Waals surface area contributed by atoms with Crippen molar-refractivity contribution in [3.05, 3.63) is 18.6 Å². The Labute approximate surface area is 167 Å². The van der Waals surface area contributed by atoms with Gasteiger partial charge in [-0.1, -0.05) is 6.92 Å². The highest BCUT2D eigenvalue weighted by atomic mass is 16.5. The Morgan fingerprint density at radius 1 is 1.25 bits per heavy atom. The van der Waals surface area contributed by atoms with Crippen molar-refractivity contribution in [1.29, 1.82) is 0 Å².